The lowest BCUT2D eigenvalue weighted by Gasteiger charge is -2.56. The van der Waals surface area contributed by atoms with Gasteiger partial charge in [0.2, 0.25) is 5.91 Å². The largest absolute Gasteiger partial charge is 0.522 e. The molecule has 38 heavy (non-hydrogen) atoms. The summed E-state index contributed by atoms with van der Waals surface area (Å²) < 4.78 is 51.8. The molecule has 4 N–H and O–H groups in total. The third-order valence-electron chi connectivity index (χ3n) is 8.23. The van der Waals surface area contributed by atoms with Crippen LogP contribution < -0.4 is 15.4 Å². The Morgan fingerprint density at radius 1 is 1.08 bits per heavy atom. The molecule has 2 bridgehead atoms. The van der Waals surface area contributed by atoms with Crippen LogP contribution in [0.4, 0.5) is 13.2 Å². The smallest absolute Gasteiger partial charge is 0.480 e. The van der Waals surface area contributed by atoms with Crippen molar-refractivity contribution in [1.29, 1.82) is 0 Å². The van der Waals surface area contributed by atoms with Crippen LogP contribution in [-0.2, 0) is 19.1 Å². The number of benzene rings is 1. The number of nitrogens with one attached hydrogen (secondary N) is 2. The number of hydrogen-bond donors (Lipinski definition) is 4. The summed E-state index contributed by atoms with van der Waals surface area (Å²) in [6, 6.07) is 4.84. The van der Waals surface area contributed by atoms with Gasteiger partial charge in [-0.3, -0.25) is 14.3 Å². The molecule has 6 rings (SSSR count). The second-order valence-electron chi connectivity index (χ2n) is 10.8. The van der Waals surface area contributed by atoms with E-state index in [1.807, 2.05) is 0 Å². The quantitative estimate of drug-likeness (QED) is 0.402. The van der Waals surface area contributed by atoms with Gasteiger partial charge in [-0.25, -0.2) is 0 Å². The number of amides is 2. The van der Waals surface area contributed by atoms with E-state index in [2.05, 4.69) is 15.4 Å². The molecular formula is C25H30ClF3N2O7. The van der Waals surface area contributed by atoms with Gasteiger partial charge in [-0.15, -0.1) is 13.2 Å². The Morgan fingerprint density at radius 3 is 2.45 bits per heavy atom. The van der Waals surface area contributed by atoms with Crippen LogP contribution >= 0.6 is 11.6 Å². The van der Waals surface area contributed by atoms with Gasteiger partial charge in [0, 0.05) is 35.4 Å². The van der Waals surface area contributed by atoms with E-state index < -0.39 is 53.9 Å². The summed E-state index contributed by atoms with van der Waals surface area (Å²) in [4.78, 5) is 25.6. The zero-order chi connectivity index (χ0) is 27.3. The Bertz CT molecular complexity index is 1070. The van der Waals surface area contributed by atoms with Gasteiger partial charge in [0.05, 0.1) is 30.0 Å². The SMILES string of the molecule is O=C(COC1CC(OC(F)(F)F)C1)NC12CCC(NC(=O)[C@@H]3C[C@H](O)c4cc(Cl)ccc4O3)(CC1)C[C@@H]2O. The minimum atomic E-state index is -4.69. The van der Waals surface area contributed by atoms with Crippen LogP contribution in [0.1, 0.15) is 63.0 Å². The van der Waals surface area contributed by atoms with Crippen molar-refractivity contribution < 1.29 is 47.2 Å². The lowest BCUT2D eigenvalue weighted by Crippen LogP contribution is -2.71. The first kappa shape index (κ1) is 27.4. The van der Waals surface area contributed by atoms with Gasteiger partial charge in [-0.1, -0.05) is 11.6 Å². The number of rotatable bonds is 7. The Morgan fingerprint density at radius 2 is 1.79 bits per heavy atom. The zero-order valence-corrected chi connectivity index (χ0v) is 21.2. The fourth-order valence-electron chi connectivity index (χ4n) is 6.03. The van der Waals surface area contributed by atoms with E-state index in [4.69, 9.17) is 21.1 Å². The van der Waals surface area contributed by atoms with E-state index in [0.29, 0.717) is 42.0 Å². The van der Waals surface area contributed by atoms with E-state index in [-0.39, 0.29) is 38.2 Å². The van der Waals surface area contributed by atoms with Crippen molar-refractivity contribution in [1.82, 2.24) is 10.6 Å². The molecule has 4 fully saturated rings. The third kappa shape index (κ3) is 5.74. The molecule has 0 saturated heterocycles. The van der Waals surface area contributed by atoms with Crippen LogP contribution in [0.3, 0.4) is 0 Å². The number of carbonyl (C=O) groups is 2. The number of fused-ring (bicyclic) bond motifs is 4. The number of halogens is 4. The van der Waals surface area contributed by atoms with Crippen LogP contribution in [0.15, 0.2) is 18.2 Å². The van der Waals surface area contributed by atoms with Crippen LogP contribution in [0, 0.1) is 0 Å². The van der Waals surface area contributed by atoms with Gasteiger partial charge in [-0.2, -0.15) is 0 Å². The molecule has 210 valence electrons. The molecule has 1 aromatic rings. The lowest BCUT2D eigenvalue weighted by molar-refractivity contribution is -0.357. The molecule has 13 heteroatoms. The summed E-state index contributed by atoms with van der Waals surface area (Å²) in [5, 5.41) is 27.8. The summed E-state index contributed by atoms with van der Waals surface area (Å²) in [5.41, 5.74) is -0.987. The minimum Gasteiger partial charge on any atom is -0.480 e. The van der Waals surface area contributed by atoms with E-state index in [1.165, 1.54) is 0 Å². The normalized spacial score (nSPS) is 36.0. The highest BCUT2D eigenvalue weighted by molar-refractivity contribution is 6.30. The van der Waals surface area contributed by atoms with E-state index in [9.17, 15) is 33.0 Å². The average molecular weight is 563 g/mol. The molecule has 4 saturated carbocycles. The first-order valence-electron chi connectivity index (χ1n) is 12.7. The molecule has 1 aromatic carbocycles. The highest BCUT2D eigenvalue weighted by Crippen LogP contribution is 2.47. The first-order chi connectivity index (χ1) is 17.9. The molecule has 3 atom stereocenters. The van der Waals surface area contributed by atoms with Gasteiger partial charge in [0.15, 0.2) is 6.10 Å². The van der Waals surface area contributed by atoms with Gasteiger partial charge in [0.1, 0.15) is 12.4 Å². The Labute approximate surface area is 221 Å². The number of alkyl halides is 3. The number of hydrogen-bond acceptors (Lipinski definition) is 7. The van der Waals surface area contributed by atoms with E-state index >= 15 is 0 Å². The van der Waals surface area contributed by atoms with Crippen LogP contribution in [0.2, 0.25) is 5.02 Å². The molecule has 0 radical (unpaired) electrons. The van der Waals surface area contributed by atoms with E-state index in [1.54, 1.807) is 18.2 Å². The molecule has 4 aliphatic carbocycles. The summed E-state index contributed by atoms with van der Waals surface area (Å²) in [7, 11) is 0. The Kier molecular flexibility index (Phi) is 7.31. The molecule has 0 aromatic heterocycles. The molecular weight excluding hydrogens is 533 g/mol. The predicted molar refractivity (Wildman–Crippen MR) is 126 cm³/mol. The van der Waals surface area contributed by atoms with Gasteiger partial charge < -0.3 is 30.3 Å². The predicted octanol–water partition coefficient (Wildman–Crippen LogP) is 2.66. The van der Waals surface area contributed by atoms with Crippen molar-refractivity contribution in [2.75, 3.05) is 6.61 Å². The van der Waals surface area contributed by atoms with Crippen LogP contribution in [0.5, 0.6) is 5.75 Å². The fraction of sp³-hybridized carbons (Fsp3) is 0.680. The maximum atomic E-state index is 13.1. The van der Waals surface area contributed by atoms with E-state index in [0.717, 1.165) is 0 Å². The summed E-state index contributed by atoms with van der Waals surface area (Å²) in [5.74, 6) is -0.435. The fourth-order valence-corrected chi connectivity index (χ4v) is 6.21. The van der Waals surface area contributed by atoms with Gasteiger partial charge >= 0.3 is 6.36 Å². The maximum Gasteiger partial charge on any atom is 0.522 e. The molecule has 2 amide bonds. The monoisotopic (exact) mass is 562 g/mol. The molecule has 0 spiro atoms. The Hall–Kier alpha value is -2.12. The standard InChI is InChI=1S/C25H30ClF3N2O7/c26-13-1-2-18-16(7-13)17(32)10-19(37-18)22(35)31-23-3-5-24(6-4-23,20(33)11-23)30-21(34)12-36-14-8-15(9-14)38-25(27,28)29/h1-2,7,14-15,17,19-20,32-33H,3-6,8-12H2,(H,30,34)(H,31,35)/t14?,15?,17-,19-,20-,23?,24?/m0/s1. The second kappa shape index (κ2) is 10.1. The number of carbonyl (C=O) groups excluding carboxylic acids is 2. The Balaban J connectivity index is 1.10. The highest BCUT2D eigenvalue weighted by atomic mass is 35.5. The summed E-state index contributed by atoms with van der Waals surface area (Å²) >= 11 is 5.99. The number of ether oxygens (including phenoxy) is 3. The van der Waals surface area contributed by atoms with Crippen molar-refractivity contribution in [3.8, 4) is 5.75 Å². The summed E-state index contributed by atoms with van der Waals surface area (Å²) in [6.07, 6.45) is -6.51. The van der Waals surface area contributed by atoms with Crippen LogP contribution in [-0.4, -0.2) is 70.5 Å². The van der Waals surface area contributed by atoms with Gasteiger partial charge in [0.25, 0.3) is 5.91 Å². The molecule has 1 heterocycles. The molecule has 0 unspecified atom stereocenters. The van der Waals surface area contributed by atoms with Crippen molar-refractivity contribution in [2.24, 2.45) is 0 Å². The molecule has 5 aliphatic rings. The maximum absolute atomic E-state index is 13.1. The molecule has 9 nitrogen and oxygen atoms in total. The minimum absolute atomic E-state index is 0.0594. The lowest BCUT2D eigenvalue weighted by atomic mass is 9.59. The van der Waals surface area contributed by atoms with Crippen molar-refractivity contribution >= 4 is 23.4 Å². The number of aliphatic hydroxyl groups excluding tert-OH is 2. The van der Waals surface area contributed by atoms with Crippen molar-refractivity contribution in [3.63, 3.8) is 0 Å². The zero-order valence-electron chi connectivity index (χ0n) is 20.4. The number of aliphatic hydroxyl groups is 2. The highest BCUT2D eigenvalue weighted by Gasteiger charge is 2.56. The first-order valence-corrected chi connectivity index (χ1v) is 13.0. The topological polar surface area (TPSA) is 126 Å². The third-order valence-corrected chi connectivity index (χ3v) is 8.46. The van der Waals surface area contributed by atoms with Crippen LogP contribution in [0.25, 0.3) is 0 Å². The molecule has 1 aliphatic heterocycles. The summed E-state index contributed by atoms with van der Waals surface area (Å²) in [6.45, 7) is -0.326. The van der Waals surface area contributed by atoms with Crippen molar-refractivity contribution in [2.45, 2.75) is 99.3 Å². The average Bonchev–Trinajstić information content (AvgIpc) is 2.81. The van der Waals surface area contributed by atoms with Gasteiger partial charge in [-0.05, 0) is 50.3 Å². The van der Waals surface area contributed by atoms with Crippen molar-refractivity contribution in [3.05, 3.63) is 28.8 Å². The second-order valence-corrected chi connectivity index (χ2v) is 11.3.